The highest BCUT2D eigenvalue weighted by Gasteiger charge is 2.37. The smallest absolute Gasteiger partial charge is 0.514 e. The number of aromatic nitrogens is 1. The molecular weight excluding hydrogens is 498 g/mol. The standard InChI is InChI=1S/C30H33NO6Si/c1-7-38(8-2,9-3)37-28(33)20-14-16-21-22(18-20)26(32)25(27(21)35-29(34)36-30(4,5)6)24-17-15-19-12-10-11-13-23(19)31-24/h10-18H,7-9H2,1-6H3. The monoisotopic (exact) mass is 531 g/mol. The van der Waals surface area contributed by atoms with Crippen LogP contribution in [0, 0.1) is 0 Å². The van der Waals surface area contributed by atoms with E-state index in [4.69, 9.17) is 13.9 Å². The van der Waals surface area contributed by atoms with Crippen LogP contribution in [0.15, 0.2) is 54.6 Å². The summed E-state index contributed by atoms with van der Waals surface area (Å²) in [5.41, 5.74) is 1.35. The van der Waals surface area contributed by atoms with Gasteiger partial charge in [-0.1, -0.05) is 45.0 Å². The van der Waals surface area contributed by atoms with Gasteiger partial charge in [0.2, 0.25) is 0 Å². The summed E-state index contributed by atoms with van der Waals surface area (Å²) in [6.45, 7) is 11.3. The van der Waals surface area contributed by atoms with Crippen molar-refractivity contribution in [2.75, 3.05) is 0 Å². The number of ether oxygens (including phenoxy) is 2. The van der Waals surface area contributed by atoms with Crippen LogP contribution in [0.4, 0.5) is 4.79 Å². The number of carbonyl (C=O) groups excluding carboxylic acids is 3. The molecule has 0 saturated heterocycles. The molecule has 0 spiro atoms. The van der Waals surface area contributed by atoms with Crippen LogP contribution in [-0.4, -0.2) is 36.8 Å². The first kappa shape index (κ1) is 27.3. The number of ketones is 1. The Morgan fingerprint density at radius 1 is 0.895 bits per heavy atom. The first-order valence-electron chi connectivity index (χ1n) is 12.9. The molecule has 0 radical (unpaired) electrons. The van der Waals surface area contributed by atoms with Crippen molar-refractivity contribution in [1.82, 2.24) is 4.98 Å². The predicted molar refractivity (Wildman–Crippen MR) is 149 cm³/mol. The summed E-state index contributed by atoms with van der Waals surface area (Å²) in [7, 11) is -2.20. The number of carbonyl (C=O) groups is 3. The molecule has 0 saturated carbocycles. The molecule has 1 aliphatic rings. The zero-order valence-electron chi connectivity index (χ0n) is 22.7. The summed E-state index contributed by atoms with van der Waals surface area (Å²) in [5.74, 6) is -0.771. The van der Waals surface area contributed by atoms with E-state index in [1.54, 1.807) is 39.0 Å². The van der Waals surface area contributed by atoms with Crippen LogP contribution in [0.3, 0.4) is 0 Å². The van der Waals surface area contributed by atoms with Gasteiger partial charge in [0.15, 0.2) is 11.5 Å². The van der Waals surface area contributed by atoms with Crippen LogP contribution in [-0.2, 0) is 13.9 Å². The number of nitrogens with zero attached hydrogens (tertiary/aromatic N) is 1. The number of para-hydroxylation sites is 1. The molecule has 1 aromatic heterocycles. The van der Waals surface area contributed by atoms with Crippen LogP contribution < -0.4 is 0 Å². The summed E-state index contributed by atoms with van der Waals surface area (Å²) in [5, 5.41) is 0.912. The van der Waals surface area contributed by atoms with Gasteiger partial charge in [-0.3, -0.25) is 4.79 Å². The third kappa shape index (κ3) is 5.40. The number of rotatable bonds is 7. The van der Waals surface area contributed by atoms with Gasteiger partial charge in [-0.15, -0.1) is 0 Å². The van der Waals surface area contributed by atoms with Crippen molar-refractivity contribution >= 4 is 48.5 Å². The van der Waals surface area contributed by atoms with Gasteiger partial charge in [-0.05, 0) is 69.2 Å². The van der Waals surface area contributed by atoms with Gasteiger partial charge in [0.1, 0.15) is 5.60 Å². The third-order valence-electron chi connectivity index (χ3n) is 6.87. The van der Waals surface area contributed by atoms with Gasteiger partial charge in [0.25, 0.3) is 8.32 Å². The predicted octanol–water partition coefficient (Wildman–Crippen LogP) is 7.41. The zero-order valence-corrected chi connectivity index (χ0v) is 23.7. The minimum Gasteiger partial charge on any atom is -0.516 e. The zero-order chi connectivity index (χ0) is 27.7. The average Bonchev–Trinajstić information content (AvgIpc) is 3.16. The van der Waals surface area contributed by atoms with Crippen molar-refractivity contribution < 1.29 is 28.3 Å². The van der Waals surface area contributed by atoms with E-state index >= 15 is 0 Å². The topological polar surface area (TPSA) is 91.8 Å². The van der Waals surface area contributed by atoms with Gasteiger partial charge < -0.3 is 13.9 Å². The lowest BCUT2D eigenvalue weighted by molar-refractivity contribution is 0.0149. The molecule has 0 atom stereocenters. The third-order valence-corrected chi connectivity index (χ3v) is 11.4. The number of benzene rings is 2. The molecule has 0 amide bonds. The molecule has 8 heteroatoms. The molecule has 38 heavy (non-hydrogen) atoms. The number of Topliss-reactive ketones (excluding diaryl/α,β-unsaturated/α-hetero) is 1. The minimum atomic E-state index is -2.20. The van der Waals surface area contributed by atoms with E-state index in [1.807, 2.05) is 51.1 Å². The fourth-order valence-corrected chi connectivity index (χ4v) is 6.99. The van der Waals surface area contributed by atoms with Gasteiger partial charge >= 0.3 is 12.1 Å². The molecule has 0 unspecified atom stereocenters. The first-order chi connectivity index (χ1) is 18.0. The Balaban J connectivity index is 1.77. The summed E-state index contributed by atoms with van der Waals surface area (Å²) < 4.78 is 17.0. The van der Waals surface area contributed by atoms with E-state index in [-0.39, 0.29) is 28.2 Å². The molecule has 198 valence electrons. The second-order valence-electron chi connectivity index (χ2n) is 10.4. The molecule has 1 heterocycles. The van der Waals surface area contributed by atoms with Crippen LogP contribution in [0.25, 0.3) is 22.2 Å². The molecule has 0 bridgehead atoms. The van der Waals surface area contributed by atoms with Crippen LogP contribution in [0.5, 0.6) is 0 Å². The van der Waals surface area contributed by atoms with Gasteiger partial charge in [-0.25, -0.2) is 14.6 Å². The largest absolute Gasteiger partial charge is 0.516 e. The number of hydrogen-bond acceptors (Lipinski definition) is 7. The van der Waals surface area contributed by atoms with E-state index < -0.39 is 26.0 Å². The molecular formula is C30H33NO6Si. The first-order valence-corrected chi connectivity index (χ1v) is 15.5. The Morgan fingerprint density at radius 3 is 2.24 bits per heavy atom. The number of fused-ring (bicyclic) bond motifs is 2. The molecule has 0 aliphatic heterocycles. The van der Waals surface area contributed by atoms with E-state index in [1.165, 1.54) is 6.07 Å². The van der Waals surface area contributed by atoms with Gasteiger partial charge in [0, 0.05) is 16.5 Å². The number of hydrogen-bond donors (Lipinski definition) is 0. The SMILES string of the molecule is CC[Si](CC)(CC)OC(=O)c1ccc2c(c1)C(=O)C(c1ccc3ccccc3n1)=C2OC(=O)OC(C)(C)C. The fourth-order valence-electron chi connectivity index (χ4n) is 4.55. The lowest BCUT2D eigenvalue weighted by Crippen LogP contribution is -2.38. The molecule has 4 rings (SSSR count). The average molecular weight is 532 g/mol. The summed E-state index contributed by atoms with van der Waals surface area (Å²) >= 11 is 0. The summed E-state index contributed by atoms with van der Waals surface area (Å²) in [6, 6.07) is 18.3. The Bertz CT molecular complexity index is 1440. The molecule has 1 aliphatic carbocycles. The number of pyridine rings is 1. The van der Waals surface area contributed by atoms with Crippen molar-refractivity contribution in [2.24, 2.45) is 0 Å². The van der Waals surface area contributed by atoms with Crippen molar-refractivity contribution in [2.45, 2.75) is 65.3 Å². The van der Waals surface area contributed by atoms with Gasteiger partial charge in [0.05, 0.1) is 22.3 Å². The second-order valence-corrected chi connectivity index (χ2v) is 15.1. The van der Waals surface area contributed by atoms with E-state index in [2.05, 4.69) is 4.98 Å². The minimum absolute atomic E-state index is 0.0568. The highest BCUT2D eigenvalue weighted by Crippen LogP contribution is 2.40. The maximum Gasteiger partial charge on any atom is 0.514 e. The summed E-state index contributed by atoms with van der Waals surface area (Å²) in [4.78, 5) is 44.2. The molecule has 3 aromatic rings. The molecule has 0 fully saturated rings. The maximum atomic E-state index is 13.8. The quantitative estimate of drug-likeness (QED) is 0.231. The maximum absolute atomic E-state index is 13.8. The van der Waals surface area contributed by atoms with Crippen molar-refractivity contribution in [3.63, 3.8) is 0 Å². The van der Waals surface area contributed by atoms with E-state index in [0.717, 1.165) is 23.5 Å². The molecule has 0 N–H and O–H groups in total. The molecule has 7 nitrogen and oxygen atoms in total. The van der Waals surface area contributed by atoms with E-state index in [0.29, 0.717) is 16.8 Å². The Kier molecular flexibility index (Phi) is 7.55. The van der Waals surface area contributed by atoms with Crippen LogP contribution in [0.2, 0.25) is 18.1 Å². The highest BCUT2D eigenvalue weighted by atomic mass is 28.4. The Labute approximate surface area is 223 Å². The Hall–Kier alpha value is -3.78. The Morgan fingerprint density at radius 2 is 1.58 bits per heavy atom. The lowest BCUT2D eigenvalue weighted by Gasteiger charge is -2.27. The molecule has 2 aromatic carbocycles. The van der Waals surface area contributed by atoms with Crippen molar-refractivity contribution in [1.29, 1.82) is 0 Å². The highest BCUT2D eigenvalue weighted by molar-refractivity contribution is 6.75. The van der Waals surface area contributed by atoms with Crippen LogP contribution in [0.1, 0.15) is 73.5 Å². The van der Waals surface area contributed by atoms with Crippen molar-refractivity contribution in [3.05, 3.63) is 77.0 Å². The van der Waals surface area contributed by atoms with Gasteiger partial charge in [-0.2, -0.15) is 0 Å². The normalized spacial score (nSPS) is 13.5. The number of allylic oxidation sites excluding steroid dienone is 1. The second kappa shape index (κ2) is 10.5. The fraction of sp³-hybridized carbons (Fsp3) is 0.333. The van der Waals surface area contributed by atoms with Crippen molar-refractivity contribution in [3.8, 4) is 0 Å². The summed E-state index contributed by atoms with van der Waals surface area (Å²) in [6.07, 6.45) is -0.931. The van der Waals surface area contributed by atoms with E-state index in [9.17, 15) is 14.4 Å². The van der Waals surface area contributed by atoms with Crippen LogP contribution >= 0.6 is 0 Å². The lowest BCUT2D eigenvalue weighted by atomic mass is 10.0.